The van der Waals surface area contributed by atoms with Crippen LogP contribution >= 0.6 is 0 Å². The first-order valence-corrected chi connectivity index (χ1v) is 7.45. The topological polar surface area (TPSA) is 35.6 Å². The molecule has 0 aliphatic carbocycles. The zero-order valence-electron chi connectivity index (χ0n) is 11.8. The highest BCUT2D eigenvalue weighted by Crippen LogP contribution is 2.18. The minimum absolute atomic E-state index is 0.00151. The van der Waals surface area contributed by atoms with Crippen LogP contribution in [0.25, 0.3) is 0 Å². The summed E-state index contributed by atoms with van der Waals surface area (Å²) in [5, 5.41) is 3.28. The Labute approximate surface area is 111 Å². The van der Waals surface area contributed by atoms with Gasteiger partial charge in [0.1, 0.15) is 0 Å². The molecule has 2 aliphatic heterocycles. The van der Waals surface area contributed by atoms with Gasteiger partial charge in [-0.25, -0.2) is 0 Å². The van der Waals surface area contributed by atoms with Crippen LogP contribution in [-0.4, -0.2) is 61.0 Å². The molecule has 2 saturated heterocycles. The van der Waals surface area contributed by atoms with Crippen LogP contribution < -0.4 is 5.32 Å². The number of rotatable bonds is 3. The molecule has 1 N–H and O–H groups in total. The van der Waals surface area contributed by atoms with E-state index in [1.165, 1.54) is 25.9 Å². The average molecular weight is 253 g/mol. The van der Waals surface area contributed by atoms with Crippen molar-refractivity contribution in [1.82, 2.24) is 15.1 Å². The largest absolute Gasteiger partial charge is 0.341 e. The fourth-order valence-electron chi connectivity index (χ4n) is 3.14. The first-order chi connectivity index (χ1) is 8.70. The van der Waals surface area contributed by atoms with Crippen molar-refractivity contribution in [3.8, 4) is 0 Å². The van der Waals surface area contributed by atoms with Gasteiger partial charge in [0.25, 0.3) is 0 Å². The van der Waals surface area contributed by atoms with E-state index in [1.807, 2.05) is 6.92 Å². The van der Waals surface area contributed by atoms with Crippen molar-refractivity contribution in [2.24, 2.45) is 5.92 Å². The maximum atomic E-state index is 12.2. The molecule has 0 radical (unpaired) electrons. The summed E-state index contributed by atoms with van der Waals surface area (Å²) in [6.07, 6.45) is 3.65. The molecule has 2 rings (SSSR count). The van der Waals surface area contributed by atoms with Crippen LogP contribution in [0.15, 0.2) is 0 Å². The summed E-state index contributed by atoms with van der Waals surface area (Å²) in [6.45, 7) is 10.6. The Kier molecular flexibility index (Phi) is 5.01. The quantitative estimate of drug-likeness (QED) is 0.813. The lowest BCUT2D eigenvalue weighted by atomic mass is 9.97. The second-order valence-corrected chi connectivity index (χ2v) is 5.72. The van der Waals surface area contributed by atoms with Crippen LogP contribution in [0.1, 0.15) is 33.1 Å². The van der Waals surface area contributed by atoms with Crippen molar-refractivity contribution in [3.63, 3.8) is 0 Å². The van der Waals surface area contributed by atoms with Crippen LogP contribution in [0.4, 0.5) is 0 Å². The van der Waals surface area contributed by atoms with Crippen molar-refractivity contribution < 1.29 is 4.79 Å². The van der Waals surface area contributed by atoms with E-state index < -0.39 is 0 Å². The summed E-state index contributed by atoms with van der Waals surface area (Å²) < 4.78 is 0. The number of nitrogens with one attached hydrogen (secondary N) is 1. The van der Waals surface area contributed by atoms with E-state index in [2.05, 4.69) is 22.0 Å². The van der Waals surface area contributed by atoms with Crippen molar-refractivity contribution in [2.75, 3.05) is 39.3 Å². The number of amides is 1. The standard InChI is InChI=1S/C14H27N3O/c1-3-16-8-4-6-13(10-16)11-17-9-5-7-15-12(2)14(17)18/h12-13,15H,3-11H2,1-2H3. The van der Waals surface area contributed by atoms with Crippen LogP contribution in [0.3, 0.4) is 0 Å². The van der Waals surface area contributed by atoms with E-state index in [9.17, 15) is 4.79 Å². The zero-order chi connectivity index (χ0) is 13.0. The first kappa shape index (κ1) is 13.8. The highest BCUT2D eigenvalue weighted by atomic mass is 16.2. The van der Waals surface area contributed by atoms with Crippen LogP contribution in [0.5, 0.6) is 0 Å². The van der Waals surface area contributed by atoms with Gasteiger partial charge in [-0.05, 0) is 51.7 Å². The molecule has 0 aromatic carbocycles. The number of nitrogens with zero attached hydrogens (tertiary/aromatic N) is 2. The molecule has 0 aromatic rings. The van der Waals surface area contributed by atoms with Crippen molar-refractivity contribution in [1.29, 1.82) is 0 Å². The van der Waals surface area contributed by atoms with E-state index in [-0.39, 0.29) is 6.04 Å². The maximum Gasteiger partial charge on any atom is 0.239 e. The first-order valence-electron chi connectivity index (χ1n) is 7.45. The average Bonchev–Trinajstić information content (AvgIpc) is 2.55. The molecule has 2 atom stereocenters. The predicted octanol–water partition coefficient (Wildman–Crippen LogP) is 0.929. The number of hydrogen-bond donors (Lipinski definition) is 1. The van der Waals surface area contributed by atoms with Crippen molar-refractivity contribution in [2.45, 2.75) is 39.2 Å². The fourth-order valence-corrected chi connectivity index (χ4v) is 3.14. The lowest BCUT2D eigenvalue weighted by Gasteiger charge is -2.35. The number of piperidine rings is 1. The lowest BCUT2D eigenvalue weighted by Crippen LogP contribution is -2.46. The normalized spacial score (nSPS) is 31.4. The molecule has 0 bridgehead atoms. The molecule has 1 amide bonds. The van der Waals surface area contributed by atoms with Gasteiger partial charge in [-0.2, -0.15) is 0 Å². The Bertz CT molecular complexity index is 282. The second kappa shape index (κ2) is 6.53. The Hall–Kier alpha value is -0.610. The summed E-state index contributed by atoms with van der Waals surface area (Å²) in [5.41, 5.74) is 0. The molecule has 2 unspecified atom stereocenters. The van der Waals surface area contributed by atoms with E-state index in [1.54, 1.807) is 0 Å². The number of carbonyl (C=O) groups excluding carboxylic acids is 1. The van der Waals surface area contributed by atoms with Crippen molar-refractivity contribution >= 4 is 5.91 Å². The van der Waals surface area contributed by atoms with Crippen LogP contribution in [-0.2, 0) is 4.79 Å². The monoisotopic (exact) mass is 253 g/mol. The Balaban J connectivity index is 1.88. The smallest absolute Gasteiger partial charge is 0.239 e. The van der Waals surface area contributed by atoms with E-state index in [0.29, 0.717) is 11.8 Å². The number of likely N-dealkylation sites (tertiary alicyclic amines) is 1. The van der Waals surface area contributed by atoms with Gasteiger partial charge >= 0.3 is 0 Å². The summed E-state index contributed by atoms with van der Waals surface area (Å²) in [4.78, 5) is 16.8. The molecular formula is C14H27N3O. The summed E-state index contributed by atoms with van der Waals surface area (Å²) in [5.74, 6) is 0.967. The highest BCUT2D eigenvalue weighted by molar-refractivity contribution is 5.81. The number of hydrogen-bond acceptors (Lipinski definition) is 3. The molecule has 0 saturated carbocycles. The third-order valence-corrected chi connectivity index (χ3v) is 4.27. The van der Waals surface area contributed by atoms with E-state index in [0.717, 1.165) is 32.6 Å². The predicted molar refractivity (Wildman–Crippen MR) is 73.5 cm³/mol. The Morgan fingerprint density at radius 3 is 2.94 bits per heavy atom. The summed E-state index contributed by atoms with van der Waals surface area (Å²) >= 11 is 0. The molecule has 0 aromatic heterocycles. The van der Waals surface area contributed by atoms with Crippen LogP contribution in [0, 0.1) is 5.92 Å². The summed E-state index contributed by atoms with van der Waals surface area (Å²) in [7, 11) is 0. The minimum Gasteiger partial charge on any atom is -0.341 e. The molecule has 18 heavy (non-hydrogen) atoms. The molecule has 4 heteroatoms. The van der Waals surface area contributed by atoms with Crippen LogP contribution in [0.2, 0.25) is 0 Å². The van der Waals surface area contributed by atoms with Crippen molar-refractivity contribution in [3.05, 3.63) is 0 Å². The fraction of sp³-hybridized carbons (Fsp3) is 0.929. The van der Waals surface area contributed by atoms with Gasteiger partial charge in [-0.3, -0.25) is 4.79 Å². The molecule has 2 heterocycles. The Morgan fingerprint density at radius 1 is 1.33 bits per heavy atom. The third kappa shape index (κ3) is 3.45. The minimum atomic E-state index is -0.00151. The zero-order valence-corrected chi connectivity index (χ0v) is 11.8. The SMILES string of the molecule is CCN1CCCC(CN2CCCNC(C)C2=O)C1. The number of carbonyl (C=O) groups is 1. The second-order valence-electron chi connectivity index (χ2n) is 5.72. The van der Waals surface area contributed by atoms with Gasteiger partial charge < -0.3 is 15.1 Å². The summed E-state index contributed by atoms with van der Waals surface area (Å²) in [6, 6.07) is -0.00151. The van der Waals surface area contributed by atoms with Gasteiger partial charge in [0.05, 0.1) is 6.04 Å². The Morgan fingerprint density at radius 2 is 2.17 bits per heavy atom. The molecule has 4 nitrogen and oxygen atoms in total. The van der Waals surface area contributed by atoms with Gasteiger partial charge in [0, 0.05) is 19.6 Å². The van der Waals surface area contributed by atoms with Gasteiger partial charge in [0.15, 0.2) is 0 Å². The molecule has 104 valence electrons. The molecule has 0 spiro atoms. The van der Waals surface area contributed by atoms with Gasteiger partial charge in [-0.1, -0.05) is 6.92 Å². The molecule has 2 fully saturated rings. The third-order valence-electron chi connectivity index (χ3n) is 4.27. The highest BCUT2D eigenvalue weighted by Gasteiger charge is 2.27. The lowest BCUT2D eigenvalue weighted by molar-refractivity contribution is -0.133. The van der Waals surface area contributed by atoms with E-state index in [4.69, 9.17) is 0 Å². The molecule has 2 aliphatic rings. The van der Waals surface area contributed by atoms with Gasteiger partial charge in [-0.15, -0.1) is 0 Å². The van der Waals surface area contributed by atoms with E-state index >= 15 is 0 Å². The maximum absolute atomic E-state index is 12.2. The van der Waals surface area contributed by atoms with Gasteiger partial charge in [0.2, 0.25) is 5.91 Å². The molecular weight excluding hydrogens is 226 g/mol.